The van der Waals surface area contributed by atoms with Crippen molar-refractivity contribution < 1.29 is 4.39 Å². The summed E-state index contributed by atoms with van der Waals surface area (Å²) in [6, 6.07) is 6.46. The highest BCUT2D eigenvalue weighted by molar-refractivity contribution is 6.27. The summed E-state index contributed by atoms with van der Waals surface area (Å²) in [4.78, 5) is 0. The Labute approximate surface area is 63.9 Å². The maximum absolute atomic E-state index is 12.7. The zero-order valence-corrected chi connectivity index (χ0v) is 5.98. The van der Waals surface area contributed by atoms with E-state index in [0.29, 0.717) is 5.56 Å². The third-order valence-electron chi connectivity index (χ3n) is 1.15. The Balaban J connectivity index is 3.03. The second-order valence-corrected chi connectivity index (χ2v) is 2.07. The molecule has 0 radical (unpaired) electrons. The van der Waals surface area contributed by atoms with Crippen molar-refractivity contribution in [1.82, 2.24) is 0 Å². The molecule has 0 unspecified atom stereocenters. The highest BCUT2D eigenvalue weighted by Gasteiger charge is 1.92. The van der Waals surface area contributed by atoms with E-state index >= 15 is 0 Å². The molecule has 0 aliphatic heterocycles. The van der Waals surface area contributed by atoms with Gasteiger partial charge in [0, 0.05) is 11.1 Å². The Morgan fingerprint density at radius 2 is 2.00 bits per heavy atom. The standard InChI is InChI=1S/C8H6ClF/c9-6-5-7-3-1-2-4-8(7)10/h1-6H. The fourth-order valence-corrected chi connectivity index (χ4v) is 0.814. The first-order chi connectivity index (χ1) is 4.84. The van der Waals surface area contributed by atoms with Crippen LogP contribution in [0.1, 0.15) is 5.56 Å². The molecule has 0 nitrogen and oxygen atoms in total. The normalized spacial score (nSPS) is 10.6. The van der Waals surface area contributed by atoms with Gasteiger partial charge in [0.25, 0.3) is 0 Å². The molecule has 1 aromatic carbocycles. The minimum atomic E-state index is -0.251. The van der Waals surface area contributed by atoms with E-state index in [1.165, 1.54) is 17.7 Å². The van der Waals surface area contributed by atoms with Crippen molar-refractivity contribution >= 4 is 17.7 Å². The van der Waals surface area contributed by atoms with Crippen LogP contribution in [-0.2, 0) is 0 Å². The average molecular weight is 157 g/mol. The molecular formula is C8H6ClF. The Morgan fingerprint density at radius 3 is 2.60 bits per heavy atom. The zero-order chi connectivity index (χ0) is 7.40. The largest absolute Gasteiger partial charge is 0.206 e. The first kappa shape index (κ1) is 7.29. The third-order valence-corrected chi connectivity index (χ3v) is 1.27. The maximum Gasteiger partial charge on any atom is 0.130 e. The molecule has 0 fully saturated rings. The van der Waals surface area contributed by atoms with Gasteiger partial charge in [0.1, 0.15) is 5.82 Å². The van der Waals surface area contributed by atoms with E-state index in [9.17, 15) is 4.39 Å². The van der Waals surface area contributed by atoms with E-state index in [4.69, 9.17) is 11.6 Å². The van der Waals surface area contributed by atoms with Crippen LogP contribution in [0.4, 0.5) is 4.39 Å². The molecule has 0 saturated carbocycles. The van der Waals surface area contributed by atoms with E-state index in [1.54, 1.807) is 18.2 Å². The van der Waals surface area contributed by atoms with Crippen LogP contribution >= 0.6 is 11.6 Å². The third kappa shape index (κ3) is 1.58. The average Bonchev–Trinajstić information content (AvgIpc) is 1.94. The van der Waals surface area contributed by atoms with Crippen molar-refractivity contribution in [3.05, 3.63) is 41.2 Å². The smallest absolute Gasteiger partial charge is 0.130 e. The van der Waals surface area contributed by atoms with Crippen LogP contribution in [0, 0.1) is 5.82 Å². The van der Waals surface area contributed by atoms with Crippen LogP contribution in [0.25, 0.3) is 6.08 Å². The summed E-state index contributed by atoms with van der Waals surface area (Å²) in [5.74, 6) is -0.251. The predicted molar refractivity (Wildman–Crippen MR) is 41.3 cm³/mol. The van der Waals surface area contributed by atoms with Crippen LogP contribution in [0.5, 0.6) is 0 Å². The quantitative estimate of drug-likeness (QED) is 0.586. The molecule has 0 atom stereocenters. The molecule has 0 aliphatic rings. The number of benzene rings is 1. The van der Waals surface area contributed by atoms with Crippen LogP contribution < -0.4 is 0 Å². The van der Waals surface area contributed by atoms with Gasteiger partial charge in [0.05, 0.1) is 0 Å². The summed E-state index contributed by atoms with van der Waals surface area (Å²) in [7, 11) is 0. The number of halogens is 2. The Hall–Kier alpha value is -0.820. The van der Waals surface area contributed by atoms with Gasteiger partial charge in [-0.2, -0.15) is 0 Å². The number of rotatable bonds is 1. The molecule has 0 N–H and O–H groups in total. The Bertz CT molecular complexity index is 243. The summed E-state index contributed by atoms with van der Waals surface area (Å²) in [5, 5.41) is 0. The SMILES string of the molecule is Fc1ccccc1C=CCl. The maximum atomic E-state index is 12.7. The van der Waals surface area contributed by atoms with Crippen LogP contribution in [0.3, 0.4) is 0 Å². The lowest BCUT2D eigenvalue weighted by Gasteiger charge is -1.91. The molecule has 1 rings (SSSR count). The van der Waals surface area contributed by atoms with E-state index in [0.717, 1.165) is 0 Å². The van der Waals surface area contributed by atoms with Crippen molar-refractivity contribution in [2.24, 2.45) is 0 Å². The molecule has 10 heavy (non-hydrogen) atoms. The molecule has 0 spiro atoms. The van der Waals surface area contributed by atoms with Gasteiger partial charge in [-0.25, -0.2) is 4.39 Å². The van der Waals surface area contributed by atoms with Gasteiger partial charge in [-0.1, -0.05) is 29.8 Å². The molecule has 0 amide bonds. The summed E-state index contributed by atoms with van der Waals surface area (Å²) in [6.07, 6.45) is 1.51. The second-order valence-electron chi connectivity index (χ2n) is 1.81. The molecule has 0 aromatic heterocycles. The van der Waals surface area contributed by atoms with Crippen molar-refractivity contribution in [2.75, 3.05) is 0 Å². The molecule has 0 bridgehead atoms. The molecule has 2 heteroatoms. The fourth-order valence-electron chi connectivity index (χ4n) is 0.678. The van der Waals surface area contributed by atoms with Gasteiger partial charge in [-0.3, -0.25) is 0 Å². The lowest BCUT2D eigenvalue weighted by atomic mass is 10.2. The van der Waals surface area contributed by atoms with Crippen LogP contribution in [0.2, 0.25) is 0 Å². The molecule has 1 aromatic rings. The highest BCUT2D eigenvalue weighted by Crippen LogP contribution is 2.08. The summed E-state index contributed by atoms with van der Waals surface area (Å²) in [6.45, 7) is 0. The minimum absolute atomic E-state index is 0.251. The lowest BCUT2D eigenvalue weighted by molar-refractivity contribution is 0.625. The molecular weight excluding hydrogens is 151 g/mol. The van der Waals surface area contributed by atoms with Gasteiger partial charge >= 0.3 is 0 Å². The predicted octanol–water partition coefficient (Wildman–Crippen LogP) is 3.04. The van der Waals surface area contributed by atoms with E-state index in [1.807, 2.05) is 0 Å². The highest BCUT2D eigenvalue weighted by atomic mass is 35.5. The van der Waals surface area contributed by atoms with Gasteiger partial charge in [-0.05, 0) is 12.1 Å². The number of hydrogen-bond acceptors (Lipinski definition) is 0. The Kier molecular flexibility index (Phi) is 2.46. The van der Waals surface area contributed by atoms with E-state index in [-0.39, 0.29) is 5.82 Å². The summed E-state index contributed by atoms with van der Waals surface area (Å²) < 4.78 is 12.7. The Morgan fingerprint density at radius 1 is 1.30 bits per heavy atom. The minimum Gasteiger partial charge on any atom is -0.206 e. The van der Waals surface area contributed by atoms with Gasteiger partial charge in [-0.15, -0.1) is 0 Å². The second kappa shape index (κ2) is 3.37. The van der Waals surface area contributed by atoms with E-state index < -0.39 is 0 Å². The molecule has 0 heterocycles. The van der Waals surface area contributed by atoms with Crippen molar-refractivity contribution in [1.29, 1.82) is 0 Å². The van der Waals surface area contributed by atoms with Crippen molar-refractivity contribution in [3.8, 4) is 0 Å². The number of hydrogen-bond donors (Lipinski definition) is 0. The van der Waals surface area contributed by atoms with E-state index in [2.05, 4.69) is 0 Å². The van der Waals surface area contributed by atoms with Gasteiger partial charge < -0.3 is 0 Å². The van der Waals surface area contributed by atoms with Crippen LogP contribution in [-0.4, -0.2) is 0 Å². The molecule has 0 saturated heterocycles. The monoisotopic (exact) mass is 156 g/mol. The van der Waals surface area contributed by atoms with Crippen molar-refractivity contribution in [2.45, 2.75) is 0 Å². The summed E-state index contributed by atoms with van der Waals surface area (Å²) >= 11 is 5.26. The first-order valence-corrected chi connectivity index (χ1v) is 3.29. The fraction of sp³-hybridized carbons (Fsp3) is 0. The zero-order valence-electron chi connectivity index (χ0n) is 5.22. The topological polar surface area (TPSA) is 0 Å². The van der Waals surface area contributed by atoms with Gasteiger partial charge in [0.2, 0.25) is 0 Å². The van der Waals surface area contributed by atoms with Gasteiger partial charge in [0.15, 0.2) is 0 Å². The van der Waals surface area contributed by atoms with Crippen LogP contribution in [0.15, 0.2) is 29.8 Å². The lowest BCUT2D eigenvalue weighted by Crippen LogP contribution is -1.77. The summed E-state index contributed by atoms with van der Waals surface area (Å²) in [5.41, 5.74) is 1.80. The molecule has 52 valence electrons. The van der Waals surface area contributed by atoms with Crippen molar-refractivity contribution in [3.63, 3.8) is 0 Å². The first-order valence-electron chi connectivity index (χ1n) is 2.86. The molecule has 0 aliphatic carbocycles.